The number of hydrogen-bond acceptors (Lipinski definition) is 5. The van der Waals surface area contributed by atoms with E-state index < -0.39 is 17.4 Å². The van der Waals surface area contributed by atoms with Gasteiger partial charge < -0.3 is 14.4 Å². The molecule has 4 heterocycles. The number of nitrogens with zero attached hydrogens (tertiary/aromatic N) is 1. The van der Waals surface area contributed by atoms with E-state index in [-0.39, 0.29) is 18.0 Å². The minimum atomic E-state index is -0.641. The second kappa shape index (κ2) is 4.42. The Bertz CT molecular complexity index is 626. The zero-order chi connectivity index (χ0) is 14.6. The second-order valence-electron chi connectivity index (χ2n) is 5.70. The van der Waals surface area contributed by atoms with Gasteiger partial charge in [-0.3, -0.25) is 9.59 Å². The molecular formula is C15H15NO4S. The van der Waals surface area contributed by atoms with E-state index in [1.54, 1.807) is 16.2 Å². The van der Waals surface area contributed by atoms with Crippen molar-refractivity contribution in [2.24, 2.45) is 11.8 Å². The highest BCUT2D eigenvalue weighted by atomic mass is 32.1. The molecule has 0 aliphatic carbocycles. The Balaban J connectivity index is 1.64. The topological polar surface area (TPSA) is 55.8 Å². The van der Waals surface area contributed by atoms with Gasteiger partial charge in [0.15, 0.2) is 0 Å². The molecule has 0 radical (unpaired) electrons. The summed E-state index contributed by atoms with van der Waals surface area (Å²) in [5, 5.41) is 1.99. The van der Waals surface area contributed by atoms with Gasteiger partial charge in [-0.2, -0.15) is 0 Å². The fourth-order valence-electron chi connectivity index (χ4n) is 3.71. The molecule has 1 spiro atoms. The van der Waals surface area contributed by atoms with E-state index in [0.717, 1.165) is 4.88 Å². The summed E-state index contributed by atoms with van der Waals surface area (Å²) in [6.45, 7) is 1.08. The van der Waals surface area contributed by atoms with Crippen molar-refractivity contribution in [2.75, 3.05) is 13.7 Å². The first-order valence-electron chi connectivity index (χ1n) is 6.91. The Labute approximate surface area is 126 Å². The van der Waals surface area contributed by atoms with Crippen molar-refractivity contribution < 1.29 is 19.1 Å². The van der Waals surface area contributed by atoms with Crippen LogP contribution in [0.25, 0.3) is 0 Å². The number of esters is 1. The highest BCUT2D eigenvalue weighted by Crippen LogP contribution is 2.52. The smallest absolute Gasteiger partial charge is 0.312 e. The Morgan fingerprint density at radius 2 is 2.48 bits per heavy atom. The van der Waals surface area contributed by atoms with Gasteiger partial charge in [0.25, 0.3) is 0 Å². The monoisotopic (exact) mass is 305 g/mol. The quantitative estimate of drug-likeness (QED) is 0.622. The number of fused-ring (bicyclic) bond motifs is 1. The van der Waals surface area contributed by atoms with Gasteiger partial charge >= 0.3 is 5.97 Å². The lowest BCUT2D eigenvalue weighted by molar-refractivity contribution is -0.151. The Morgan fingerprint density at radius 3 is 3.19 bits per heavy atom. The number of rotatable bonds is 3. The number of carbonyl (C=O) groups is 2. The van der Waals surface area contributed by atoms with Gasteiger partial charge in [0.1, 0.15) is 11.5 Å². The van der Waals surface area contributed by atoms with E-state index >= 15 is 0 Å². The number of methoxy groups -OCH3 is 1. The van der Waals surface area contributed by atoms with Crippen molar-refractivity contribution in [3.8, 4) is 0 Å². The molecule has 4 rings (SSSR count). The standard InChI is InChI=1S/C15H15NO4S/c1-19-14(18)11-10-4-5-15(20-10)8-16(13(17)12(11)15)7-9-3-2-6-21-9/h2-6,10-12H,7-8H2,1H3/t10-,11?,12+,15-/m1/s1. The van der Waals surface area contributed by atoms with E-state index in [9.17, 15) is 9.59 Å². The van der Waals surface area contributed by atoms with Crippen LogP contribution in [0.15, 0.2) is 29.7 Å². The molecule has 1 aromatic heterocycles. The van der Waals surface area contributed by atoms with Crippen LogP contribution in [0, 0.1) is 11.8 Å². The molecule has 110 valence electrons. The van der Waals surface area contributed by atoms with E-state index in [1.807, 2.05) is 29.7 Å². The lowest BCUT2D eigenvalue weighted by atomic mass is 9.77. The maximum absolute atomic E-state index is 12.7. The highest BCUT2D eigenvalue weighted by Gasteiger charge is 2.67. The third-order valence-corrected chi connectivity index (χ3v) is 5.44. The van der Waals surface area contributed by atoms with Crippen molar-refractivity contribution in [1.82, 2.24) is 4.90 Å². The van der Waals surface area contributed by atoms with Crippen LogP contribution in [0.5, 0.6) is 0 Å². The van der Waals surface area contributed by atoms with Crippen molar-refractivity contribution in [1.29, 1.82) is 0 Å². The van der Waals surface area contributed by atoms with Gasteiger partial charge in [0.2, 0.25) is 5.91 Å². The molecule has 6 heteroatoms. The molecule has 0 N–H and O–H groups in total. The molecule has 3 aliphatic rings. The fourth-order valence-corrected chi connectivity index (χ4v) is 4.43. The predicted octanol–water partition coefficient (Wildman–Crippen LogP) is 1.20. The molecule has 3 aliphatic heterocycles. The number of likely N-dealkylation sites (tertiary alicyclic amines) is 1. The van der Waals surface area contributed by atoms with Gasteiger partial charge in [-0.25, -0.2) is 0 Å². The highest BCUT2D eigenvalue weighted by molar-refractivity contribution is 7.09. The van der Waals surface area contributed by atoms with E-state index in [1.165, 1.54) is 7.11 Å². The molecule has 5 nitrogen and oxygen atoms in total. The van der Waals surface area contributed by atoms with E-state index in [4.69, 9.17) is 9.47 Å². The Morgan fingerprint density at radius 1 is 1.62 bits per heavy atom. The van der Waals surface area contributed by atoms with Crippen LogP contribution in [0.2, 0.25) is 0 Å². The lowest BCUT2D eigenvalue weighted by Crippen LogP contribution is -2.39. The van der Waals surface area contributed by atoms with Crippen LogP contribution in [0.3, 0.4) is 0 Å². The summed E-state index contributed by atoms with van der Waals surface area (Å²) in [5.74, 6) is -1.33. The number of ether oxygens (including phenoxy) is 2. The molecule has 1 amide bonds. The van der Waals surface area contributed by atoms with E-state index in [2.05, 4.69) is 0 Å². The summed E-state index contributed by atoms with van der Waals surface area (Å²) in [6.07, 6.45) is 3.52. The Kier molecular flexibility index (Phi) is 2.74. The van der Waals surface area contributed by atoms with Crippen LogP contribution in [-0.2, 0) is 25.6 Å². The zero-order valence-corrected chi connectivity index (χ0v) is 12.3. The number of thiophene rings is 1. The largest absolute Gasteiger partial charge is 0.469 e. The number of amides is 1. The minimum absolute atomic E-state index is 0.00866. The van der Waals surface area contributed by atoms with Crippen LogP contribution >= 0.6 is 11.3 Å². The van der Waals surface area contributed by atoms with Crippen molar-refractivity contribution in [2.45, 2.75) is 18.2 Å². The van der Waals surface area contributed by atoms with Crippen LogP contribution in [0.4, 0.5) is 0 Å². The first-order valence-corrected chi connectivity index (χ1v) is 7.79. The molecule has 21 heavy (non-hydrogen) atoms. The molecule has 2 saturated heterocycles. The summed E-state index contributed by atoms with van der Waals surface area (Å²) < 4.78 is 10.8. The first-order chi connectivity index (χ1) is 10.1. The third-order valence-electron chi connectivity index (χ3n) is 4.58. The van der Waals surface area contributed by atoms with Gasteiger partial charge in [0, 0.05) is 4.88 Å². The summed E-state index contributed by atoms with van der Waals surface area (Å²) in [5.41, 5.74) is -0.641. The van der Waals surface area contributed by atoms with Crippen LogP contribution in [-0.4, -0.2) is 42.1 Å². The van der Waals surface area contributed by atoms with Crippen LogP contribution in [0.1, 0.15) is 4.88 Å². The van der Waals surface area contributed by atoms with Gasteiger partial charge in [-0.1, -0.05) is 18.2 Å². The molecule has 2 bridgehead atoms. The summed E-state index contributed by atoms with van der Waals surface area (Å²) in [6, 6.07) is 3.98. The first kappa shape index (κ1) is 13.0. The predicted molar refractivity (Wildman–Crippen MR) is 75.5 cm³/mol. The normalized spacial score (nSPS) is 36.3. The second-order valence-corrected chi connectivity index (χ2v) is 6.73. The molecule has 2 fully saturated rings. The summed E-state index contributed by atoms with van der Waals surface area (Å²) in [4.78, 5) is 27.7. The molecule has 0 aromatic carbocycles. The molecule has 1 aromatic rings. The van der Waals surface area contributed by atoms with Gasteiger partial charge in [0.05, 0.1) is 32.2 Å². The van der Waals surface area contributed by atoms with Gasteiger partial charge in [-0.05, 0) is 11.4 Å². The Hall–Kier alpha value is -1.66. The van der Waals surface area contributed by atoms with Gasteiger partial charge in [-0.15, -0.1) is 11.3 Å². The average Bonchev–Trinajstić information content (AvgIpc) is 3.22. The summed E-state index contributed by atoms with van der Waals surface area (Å²) in [7, 11) is 1.35. The average molecular weight is 305 g/mol. The van der Waals surface area contributed by atoms with Crippen molar-refractivity contribution in [3.05, 3.63) is 34.5 Å². The molecule has 1 unspecified atom stereocenters. The van der Waals surface area contributed by atoms with E-state index in [0.29, 0.717) is 13.1 Å². The molecule has 0 saturated carbocycles. The van der Waals surface area contributed by atoms with Crippen LogP contribution < -0.4 is 0 Å². The zero-order valence-electron chi connectivity index (χ0n) is 11.5. The SMILES string of the molecule is COC(=O)C1[C@H]2C(=O)N(Cc3cccs3)C[C@]23C=C[C@H]1O3. The maximum atomic E-state index is 12.7. The lowest BCUT2D eigenvalue weighted by Gasteiger charge is -2.22. The molecule has 4 atom stereocenters. The number of hydrogen-bond donors (Lipinski definition) is 0. The van der Waals surface area contributed by atoms with Crippen molar-refractivity contribution in [3.63, 3.8) is 0 Å². The fraction of sp³-hybridized carbons (Fsp3) is 0.467. The number of carbonyl (C=O) groups excluding carboxylic acids is 2. The van der Waals surface area contributed by atoms with Crippen molar-refractivity contribution >= 4 is 23.2 Å². The maximum Gasteiger partial charge on any atom is 0.312 e. The summed E-state index contributed by atoms with van der Waals surface area (Å²) >= 11 is 1.62. The minimum Gasteiger partial charge on any atom is -0.469 e. The molecular weight excluding hydrogens is 290 g/mol. The third kappa shape index (κ3) is 1.72.